The molecule has 1 saturated heterocycles. The molecule has 4 nitrogen and oxygen atoms in total. The van der Waals surface area contributed by atoms with Crippen molar-refractivity contribution >= 4 is 5.97 Å². The maximum absolute atomic E-state index is 13.9. The van der Waals surface area contributed by atoms with Crippen LogP contribution in [0.5, 0.6) is 0 Å². The first kappa shape index (κ1) is 20.2. The Balaban J connectivity index is 1.89. The molecule has 0 radical (unpaired) electrons. The first-order chi connectivity index (χ1) is 13.4. The maximum Gasteiger partial charge on any atom is 0.345 e. The third kappa shape index (κ3) is 4.15. The van der Waals surface area contributed by atoms with Crippen LogP contribution in [0.1, 0.15) is 22.0 Å². The Labute approximate surface area is 157 Å². The summed E-state index contributed by atoms with van der Waals surface area (Å²) in [5, 5.41) is 0. The fraction of sp³-hybridized carbons (Fsp3) is 0.316. The highest BCUT2D eigenvalue weighted by atomic mass is 19.2. The Morgan fingerprint density at radius 1 is 0.929 bits per heavy atom. The molecule has 28 heavy (non-hydrogen) atoms. The highest BCUT2D eigenvalue weighted by Crippen LogP contribution is 2.27. The van der Waals surface area contributed by atoms with E-state index in [1.54, 1.807) is 30.3 Å². The largest absolute Gasteiger partial charge is 0.452 e. The zero-order valence-electron chi connectivity index (χ0n) is 14.6. The molecule has 1 fully saturated rings. The van der Waals surface area contributed by atoms with Gasteiger partial charge in [-0.2, -0.15) is 0 Å². The number of ether oxygens (including phenoxy) is 2. The van der Waals surface area contributed by atoms with Gasteiger partial charge in [-0.3, -0.25) is 4.90 Å². The van der Waals surface area contributed by atoms with Crippen LogP contribution < -0.4 is 0 Å². The first-order valence-electron chi connectivity index (χ1n) is 8.47. The molecule has 2 aromatic carbocycles. The van der Waals surface area contributed by atoms with E-state index < -0.39 is 46.7 Å². The molecule has 1 aliphatic rings. The Kier molecular flexibility index (Phi) is 6.25. The second-order valence-corrected chi connectivity index (χ2v) is 6.16. The Bertz CT molecular complexity index is 827. The highest BCUT2D eigenvalue weighted by molar-refractivity contribution is 5.90. The molecule has 0 amide bonds. The monoisotopic (exact) mass is 401 g/mol. The van der Waals surface area contributed by atoms with Crippen molar-refractivity contribution < 1.29 is 36.2 Å². The molecule has 1 unspecified atom stereocenters. The Morgan fingerprint density at radius 3 is 2.04 bits per heavy atom. The quantitative estimate of drug-likeness (QED) is 0.332. The van der Waals surface area contributed by atoms with E-state index in [0.29, 0.717) is 31.9 Å². The number of carbonyl (C=O) groups excluding carboxylic acids is 1. The third-order valence-corrected chi connectivity index (χ3v) is 4.36. The van der Waals surface area contributed by atoms with Gasteiger partial charge in [0.25, 0.3) is 0 Å². The molecule has 1 atom stereocenters. The molecule has 0 N–H and O–H groups in total. The van der Waals surface area contributed by atoms with Crippen LogP contribution in [0.2, 0.25) is 0 Å². The predicted octanol–water partition coefficient (Wildman–Crippen LogP) is 3.61. The topological polar surface area (TPSA) is 38.8 Å². The van der Waals surface area contributed by atoms with Crippen molar-refractivity contribution in [3.8, 4) is 0 Å². The van der Waals surface area contributed by atoms with Crippen LogP contribution in [0.4, 0.5) is 22.0 Å². The van der Waals surface area contributed by atoms with Gasteiger partial charge in [-0.25, -0.2) is 26.7 Å². The zero-order valence-corrected chi connectivity index (χ0v) is 14.6. The molecule has 150 valence electrons. The van der Waals surface area contributed by atoms with E-state index in [2.05, 4.69) is 0 Å². The molecule has 0 bridgehead atoms. The van der Waals surface area contributed by atoms with Gasteiger partial charge in [-0.1, -0.05) is 30.3 Å². The summed E-state index contributed by atoms with van der Waals surface area (Å²) in [6.45, 7) is 2.20. The van der Waals surface area contributed by atoms with E-state index in [4.69, 9.17) is 9.47 Å². The number of hydrogen-bond acceptors (Lipinski definition) is 4. The summed E-state index contributed by atoms with van der Waals surface area (Å²) >= 11 is 0. The lowest BCUT2D eigenvalue weighted by atomic mass is 10.1. The number of benzene rings is 2. The first-order valence-corrected chi connectivity index (χ1v) is 8.47. The second kappa shape index (κ2) is 8.66. The molecule has 2 aromatic rings. The lowest BCUT2D eigenvalue weighted by Gasteiger charge is -2.30. The normalized spacial score (nSPS) is 16.0. The van der Waals surface area contributed by atoms with Gasteiger partial charge in [0, 0.05) is 19.6 Å². The molecule has 1 aliphatic heterocycles. The molecule has 0 saturated carbocycles. The van der Waals surface area contributed by atoms with Crippen LogP contribution in [0.15, 0.2) is 30.3 Å². The zero-order chi connectivity index (χ0) is 20.3. The third-order valence-electron chi connectivity index (χ3n) is 4.36. The molecule has 0 aliphatic carbocycles. The van der Waals surface area contributed by atoms with E-state index in [1.807, 2.05) is 4.90 Å². The maximum atomic E-state index is 13.9. The van der Waals surface area contributed by atoms with Gasteiger partial charge in [-0.15, -0.1) is 0 Å². The number of hydrogen-bond donors (Lipinski definition) is 0. The lowest BCUT2D eigenvalue weighted by molar-refractivity contribution is -0.00537. The van der Waals surface area contributed by atoms with Crippen molar-refractivity contribution in [2.75, 3.05) is 32.8 Å². The van der Waals surface area contributed by atoms with Gasteiger partial charge in [0.15, 0.2) is 23.3 Å². The summed E-state index contributed by atoms with van der Waals surface area (Å²) in [5.74, 6) is -12.8. The number of rotatable bonds is 5. The number of carbonyl (C=O) groups is 1. The number of nitrogens with zero attached hydrogens (tertiary/aromatic N) is 1. The van der Waals surface area contributed by atoms with Gasteiger partial charge in [0.1, 0.15) is 11.7 Å². The van der Waals surface area contributed by atoms with Crippen LogP contribution in [-0.2, 0) is 9.47 Å². The molecule has 3 rings (SSSR count). The van der Waals surface area contributed by atoms with Gasteiger partial charge in [0.2, 0.25) is 5.82 Å². The van der Waals surface area contributed by atoms with Crippen LogP contribution in [0, 0.1) is 29.1 Å². The molecule has 0 spiro atoms. The van der Waals surface area contributed by atoms with E-state index in [0.717, 1.165) is 0 Å². The molecular weight excluding hydrogens is 385 g/mol. The van der Waals surface area contributed by atoms with Crippen LogP contribution >= 0.6 is 0 Å². The van der Waals surface area contributed by atoms with Crippen molar-refractivity contribution in [2.24, 2.45) is 0 Å². The second-order valence-electron chi connectivity index (χ2n) is 6.16. The van der Waals surface area contributed by atoms with Crippen molar-refractivity contribution in [1.29, 1.82) is 0 Å². The highest BCUT2D eigenvalue weighted by Gasteiger charge is 2.32. The number of esters is 1. The number of morpholine rings is 1. The summed E-state index contributed by atoms with van der Waals surface area (Å²) in [4.78, 5) is 14.2. The minimum absolute atomic E-state index is 0.175. The molecule has 9 heteroatoms. The predicted molar refractivity (Wildman–Crippen MR) is 88.1 cm³/mol. The van der Waals surface area contributed by atoms with Gasteiger partial charge >= 0.3 is 5.97 Å². The van der Waals surface area contributed by atoms with Crippen LogP contribution in [-0.4, -0.2) is 43.7 Å². The van der Waals surface area contributed by atoms with Crippen molar-refractivity contribution in [3.63, 3.8) is 0 Å². The Hall–Kier alpha value is -2.52. The van der Waals surface area contributed by atoms with Crippen molar-refractivity contribution in [2.45, 2.75) is 6.10 Å². The molecular formula is C19H16F5NO3. The van der Waals surface area contributed by atoms with E-state index in [9.17, 15) is 26.7 Å². The molecule has 0 aromatic heterocycles. The lowest BCUT2D eigenvalue weighted by Crippen LogP contribution is -2.39. The summed E-state index contributed by atoms with van der Waals surface area (Å²) in [6.07, 6.45) is -0.971. The minimum Gasteiger partial charge on any atom is -0.452 e. The van der Waals surface area contributed by atoms with Gasteiger partial charge < -0.3 is 9.47 Å². The minimum atomic E-state index is -2.33. The van der Waals surface area contributed by atoms with Crippen molar-refractivity contribution in [1.82, 2.24) is 4.90 Å². The van der Waals surface area contributed by atoms with Crippen molar-refractivity contribution in [3.05, 3.63) is 70.5 Å². The summed E-state index contributed by atoms with van der Waals surface area (Å²) in [6, 6.07) is 8.34. The summed E-state index contributed by atoms with van der Waals surface area (Å²) in [7, 11) is 0. The smallest absolute Gasteiger partial charge is 0.345 e. The van der Waals surface area contributed by atoms with Crippen LogP contribution in [0.3, 0.4) is 0 Å². The fourth-order valence-corrected chi connectivity index (χ4v) is 2.87. The van der Waals surface area contributed by atoms with Gasteiger partial charge in [0.05, 0.1) is 13.2 Å². The average molecular weight is 401 g/mol. The van der Waals surface area contributed by atoms with Gasteiger partial charge in [-0.05, 0) is 5.56 Å². The van der Waals surface area contributed by atoms with Crippen LogP contribution in [0.25, 0.3) is 0 Å². The van der Waals surface area contributed by atoms with E-state index in [-0.39, 0.29) is 6.54 Å². The van der Waals surface area contributed by atoms with E-state index in [1.165, 1.54) is 0 Å². The fourth-order valence-electron chi connectivity index (χ4n) is 2.87. The number of halogens is 5. The standard InChI is InChI=1S/C19H16F5NO3/c20-14-13(15(21)17(23)18(24)16(14)22)19(26)28-12(11-4-2-1-3-5-11)10-25-6-8-27-9-7-25/h1-5,12H,6-10H2. The SMILES string of the molecule is O=C(OC(CN1CCOCC1)c1ccccc1)c1c(F)c(F)c(F)c(F)c1F. The molecule has 1 heterocycles. The Morgan fingerprint density at radius 2 is 1.46 bits per heavy atom. The van der Waals surface area contributed by atoms with E-state index >= 15 is 0 Å². The average Bonchev–Trinajstić information content (AvgIpc) is 2.72. The summed E-state index contributed by atoms with van der Waals surface area (Å²) < 4.78 is 78.3. The summed E-state index contributed by atoms with van der Waals surface area (Å²) in [5.41, 5.74) is -1.09.